The van der Waals surface area contributed by atoms with Crippen LogP contribution in [0.25, 0.3) is 0 Å². The summed E-state index contributed by atoms with van der Waals surface area (Å²) in [5.74, 6) is 0. The van der Waals surface area contributed by atoms with Crippen LogP contribution in [0.15, 0.2) is 0 Å². The summed E-state index contributed by atoms with van der Waals surface area (Å²) < 4.78 is 27.0. The van der Waals surface area contributed by atoms with Crippen molar-refractivity contribution >= 4 is 7.75 Å². The van der Waals surface area contributed by atoms with Crippen LogP contribution >= 0.6 is 7.75 Å². The summed E-state index contributed by atoms with van der Waals surface area (Å²) in [4.78, 5) is 0. The van der Waals surface area contributed by atoms with E-state index in [1.807, 2.05) is 11.7 Å². The standard InChI is InChI=1S/C40H85N2O3P/c1-5-7-9-11-13-15-17-19-21-23-25-27-29-31-33-35-38-42(46(43,44-4)45-40-37-41-3)39-36-34-32-30-28-26-24-22-20-18-16-14-12-10-8-6-2/h41H,5-40H2,1-4H3. The van der Waals surface area contributed by atoms with Gasteiger partial charge in [0, 0.05) is 26.7 Å². The highest BCUT2D eigenvalue weighted by molar-refractivity contribution is 7.51. The highest BCUT2D eigenvalue weighted by Gasteiger charge is 2.31. The molecule has 5 nitrogen and oxygen atoms in total. The van der Waals surface area contributed by atoms with Crippen LogP contribution in [-0.2, 0) is 13.6 Å². The van der Waals surface area contributed by atoms with E-state index in [0.29, 0.717) is 13.2 Å². The Morgan fingerprint density at radius 2 is 0.717 bits per heavy atom. The fourth-order valence-electron chi connectivity index (χ4n) is 6.55. The molecule has 1 unspecified atom stereocenters. The lowest BCUT2D eigenvalue weighted by Crippen LogP contribution is -2.26. The molecule has 0 amide bonds. The third-order valence-electron chi connectivity index (χ3n) is 9.72. The van der Waals surface area contributed by atoms with E-state index in [9.17, 15) is 4.57 Å². The smallest absolute Gasteiger partial charge is 0.317 e. The van der Waals surface area contributed by atoms with Gasteiger partial charge in [-0.25, -0.2) is 9.24 Å². The zero-order valence-electron chi connectivity index (χ0n) is 32.1. The van der Waals surface area contributed by atoms with E-state index < -0.39 is 7.75 Å². The van der Waals surface area contributed by atoms with E-state index >= 15 is 0 Å². The first-order valence-corrected chi connectivity index (χ1v) is 22.3. The van der Waals surface area contributed by atoms with Gasteiger partial charge in [-0.2, -0.15) is 0 Å². The second kappa shape index (κ2) is 37.9. The van der Waals surface area contributed by atoms with Crippen LogP contribution in [0.5, 0.6) is 0 Å². The van der Waals surface area contributed by atoms with E-state index in [1.165, 1.54) is 193 Å². The molecule has 1 atom stereocenters. The number of hydrogen-bond acceptors (Lipinski definition) is 4. The summed E-state index contributed by atoms with van der Waals surface area (Å²) in [6.07, 6.45) is 43.7. The van der Waals surface area contributed by atoms with Crippen molar-refractivity contribution < 1.29 is 13.6 Å². The quantitative estimate of drug-likeness (QED) is 0.0518. The van der Waals surface area contributed by atoms with Crippen molar-refractivity contribution in [3.63, 3.8) is 0 Å². The molecular formula is C40H85N2O3P. The minimum absolute atomic E-state index is 0.413. The summed E-state index contributed by atoms with van der Waals surface area (Å²) in [5, 5.41) is 3.09. The fourth-order valence-corrected chi connectivity index (χ4v) is 8.15. The molecule has 0 spiro atoms. The van der Waals surface area contributed by atoms with Crippen LogP contribution in [0.4, 0.5) is 0 Å². The lowest BCUT2D eigenvalue weighted by molar-refractivity contribution is 0.177. The molecule has 0 aliphatic rings. The average molecular weight is 673 g/mol. The molecular weight excluding hydrogens is 587 g/mol. The fraction of sp³-hybridized carbons (Fsp3) is 1.00. The molecule has 0 saturated carbocycles. The molecule has 46 heavy (non-hydrogen) atoms. The maximum absolute atomic E-state index is 13.6. The van der Waals surface area contributed by atoms with Crippen molar-refractivity contribution in [2.45, 2.75) is 219 Å². The van der Waals surface area contributed by atoms with E-state index in [-0.39, 0.29) is 0 Å². The van der Waals surface area contributed by atoms with Gasteiger partial charge in [-0.3, -0.25) is 9.05 Å². The first-order valence-electron chi connectivity index (χ1n) is 20.8. The van der Waals surface area contributed by atoms with Crippen LogP contribution in [-0.4, -0.2) is 45.1 Å². The zero-order valence-corrected chi connectivity index (χ0v) is 33.0. The number of unbranched alkanes of at least 4 members (excludes halogenated alkanes) is 30. The number of nitrogens with one attached hydrogen (secondary N) is 1. The van der Waals surface area contributed by atoms with Crippen LogP contribution in [0.1, 0.15) is 219 Å². The molecule has 278 valence electrons. The third-order valence-corrected chi connectivity index (χ3v) is 11.8. The highest BCUT2D eigenvalue weighted by Crippen LogP contribution is 2.51. The van der Waals surface area contributed by atoms with Crippen molar-refractivity contribution in [2.75, 3.05) is 40.4 Å². The maximum atomic E-state index is 13.6. The molecule has 0 aromatic carbocycles. The Morgan fingerprint density at radius 3 is 0.957 bits per heavy atom. The number of hydrogen-bond donors (Lipinski definition) is 1. The summed E-state index contributed by atoms with van der Waals surface area (Å²) in [6.45, 7) is 7.29. The Hall–Kier alpha value is 0.0700. The summed E-state index contributed by atoms with van der Waals surface area (Å²) in [5.41, 5.74) is 0. The second-order valence-corrected chi connectivity index (χ2v) is 16.3. The SMILES string of the molecule is CCCCCCCCCCCCCCCCCCN(CCCCCCCCCCCCCCCCCC)P(=O)(OC)OCCNC. The van der Waals surface area contributed by atoms with Gasteiger partial charge in [-0.1, -0.05) is 206 Å². The van der Waals surface area contributed by atoms with Crippen molar-refractivity contribution in [2.24, 2.45) is 0 Å². The van der Waals surface area contributed by atoms with E-state index in [0.717, 1.165) is 25.9 Å². The molecule has 0 saturated heterocycles. The van der Waals surface area contributed by atoms with Crippen LogP contribution in [0.2, 0.25) is 0 Å². The van der Waals surface area contributed by atoms with Gasteiger partial charge in [0.1, 0.15) is 0 Å². The predicted molar refractivity (Wildman–Crippen MR) is 205 cm³/mol. The monoisotopic (exact) mass is 673 g/mol. The van der Waals surface area contributed by atoms with Crippen molar-refractivity contribution in [1.82, 2.24) is 9.99 Å². The molecule has 0 fully saturated rings. The van der Waals surface area contributed by atoms with Gasteiger partial charge < -0.3 is 5.32 Å². The second-order valence-electron chi connectivity index (χ2n) is 14.1. The minimum atomic E-state index is -3.23. The molecule has 0 radical (unpaired) electrons. The van der Waals surface area contributed by atoms with Gasteiger partial charge in [-0.05, 0) is 19.9 Å². The lowest BCUT2D eigenvalue weighted by Gasteiger charge is -2.29. The van der Waals surface area contributed by atoms with E-state index in [1.54, 1.807) is 7.11 Å². The van der Waals surface area contributed by atoms with Crippen molar-refractivity contribution in [3.05, 3.63) is 0 Å². The van der Waals surface area contributed by atoms with Gasteiger partial charge in [0.05, 0.1) is 6.61 Å². The molecule has 0 aromatic rings. The lowest BCUT2D eigenvalue weighted by atomic mass is 10.0. The molecule has 1 N–H and O–H groups in total. The molecule has 0 heterocycles. The summed E-state index contributed by atoms with van der Waals surface area (Å²) in [6, 6.07) is 0. The Morgan fingerprint density at radius 1 is 0.457 bits per heavy atom. The Balaban J connectivity index is 3.98. The topological polar surface area (TPSA) is 50.8 Å². The number of likely N-dealkylation sites (N-methyl/N-ethyl adjacent to an activating group) is 1. The summed E-state index contributed by atoms with van der Waals surface area (Å²) in [7, 11) is 0.218. The summed E-state index contributed by atoms with van der Waals surface area (Å²) >= 11 is 0. The van der Waals surface area contributed by atoms with Gasteiger partial charge >= 0.3 is 7.75 Å². The van der Waals surface area contributed by atoms with Gasteiger partial charge in [-0.15, -0.1) is 0 Å². The largest absolute Gasteiger partial charge is 0.407 e. The minimum Gasteiger partial charge on any atom is -0.317 e. The average Bonchev–Trinajstić information content (AvgIpc) is 3.06. The number of rotatable bonds is 40. The van der Waals surface area contributed by atoms with Gasteiger partial charge in [0.2, 0.25) is 0 Å². The first kappa shape index (κ1) is 46.1. The molecule has 0 bridgehead atoms. The van der Waals surface area contributed by atoms with E-state index in [2.05, 4.69) is 19.2 Å². The maximum Gasteiger partial charge on any atom is 0.407 e. The molecule has 0 rings (SSSR count). The molecule has 6 heteroatoms. The molecule has 0 aliphatic carbocycles. The first-order chi connectivity index (χ1) is 22.6. The Bertz CT molecular complexity index is 585. The zero-order chi connectivity index (χ0) is 33.7. The molecule has 0 aliphatic heterocycles. The van der Waals surface area contributed by atoms with Crippen LogP contribution in [0, 0.1) is 0 Å². The normalized spacial score (nSPS) is 13.2. The van der Waals surface area contributed by atoms with Crippen LogP contribution < -0.4 is 5.32 Å². The van der Waals surface area contributed by atoms with Crippen molar-refractivity contribution in [1.29, 1.82) is 0 Å². The van der Waals surface area contributed by atoms with Gasteiger partial charge in [0.25, 0.3) is 0 Å². The van der Waals surface area contributed by atoms with Crippen LogP contribution in [0.3, 0.4) is 0 Å². The highest BCUT2D eigenvalue weighted by atomic mass is 31.2. The Kier molecular flexibility index (Phi) is 37.9. The van der Waals surface area contributed by atoms with Gasteiger partial charge in [0.15, 0.2) is 0 Å². The molecule has 0 aromatic heterocycles. The van der Waals surface area contributed by atoms with E-state index in [4.69, 9.17) is 9.05 Å². The third kappa shape index (κ3) is 31.3. The number of nitrogens with zero attached hydrogens (tertiary/aromatic N) is 1. The Labute approximate surface area is 290 Å². The van der Waals surface area contributed by atoms with Crippen molar-refractivity contribution in [3.8, 4) is 0 Å². The predicted octanol–water partition coefficient (Wildman–Crippen LogP) is 13.8.